The summed E-state index contributed by atoms with van der Waals surface area (Å²) in [6.07, 6.45) is 5.38. The van der Waals surface area contributed by atoms with E-state index >= 15 is 0 Å². The second-order valence-electron chi connectivity index (χ2n) is 3.36. The molecule has 1 aliphatic carbocycles. The minimum absolute atomic E-state index is 0.620. The van der Waals surface area contributed by atoms with E-state index in [9.17, 15) is 0 Å². The Morgan fingerprint density at radius 2 is 2.18 bits per heavy atom. The highest BCUT2D eigenvalue weighted by Gasteiger charge is 2.29. The van der Waals surface area contributed by atoms with Gasteiger partial charge in [0.2, 0.25) is 0 Å². The highest BCUT2D eigenvalue weighted by Crippen LogP contribution is 2.31. The van der Waals surface area contributed by atoms with Crippen LogP contribution >= 0.6 is 11.8 Å². The molecule has 0 aromatic heterocycles. The van der Waals surface area contributed by atoms with Crippen LogP contribution in [0.15, 0.2) is 0 Å². The van der Waals surface area contributed by atoms with Crippen molar-refractivity contribution in [1.82, 2.24) is 5.32 Å². The van der Waals surface area contributed by atoms with Crippen LogP contribution in [0.4, 0.5) is 0 Å². The molecule has 0 spiro atoms. The second-order valence-corrected chi connectivity index (χ2v) is 4.59. The van der Waals surface area contributed by atoms with Crippen LogP contribution in [0.3, 0.4) is 0 Å². The molecule has 2 aliphatic rings. The molecule has 2 nitrogen and oxygen atoms in total. The Morgan fingerprint density at radius 3 is 3.09 bits per heavy atom. The summed E-state index contributed by atoms with van der Waals surface area (Å²) in [5.41, 5.74) is 0. The Labute approximate surface area is 71.6 Å². The Kier molecular flexibility index (Phi) is 2.07. The van der Waals surface area contributed by atoms with Gasteiger partial charge in [0.25, 0.3) is 0 Å². The summed E-state index contributed by atoms with van der Waals surface area (Å²) < 4.78 is 0. The van der Waals surface area contributed by atoms with Crippen LogP contribution in [-0.4, -0.2) is 22.9 Å². The van der Waals surface area contributed by atoms with Crippen molar-refractivity contribution in [2.45, 2.75) is 37.0 Å². The monoisotopic (exact) mass is 170 g/mol. The lowest BCUT2D eigenvalue weighted by molar-refractivity contribution is 0.420. The van der Waals surface area contributed by atoms with Gasteiger partial charge in [-0.15, -0.1) is 11.8 Å². The minimum Gasteiger partial charge on any atom is -0.369 e. The Hall–Kier alpha value is -0.180. The Morgan fingerprint density at radius 1 is 1.36 bits per heavy atom. The van der Waals surface area contributed by atoms with E-state index in [0.717, 1.165) is 16.8 Å². The van der Waals surface area contributed by atoms with Crippen molar-refractivity contribution in [1.29, 1.82) is 5.41 Å². The van der Waals surface area contributed by atoms with Gasteiger partial charge < -0.3 is 5.32 Å². The predicted octanol–water partition coefficient (Wildman–Crippen LogP) is 1.61. The van der Waals surface area contributed by atoms with Crippen LogP contribution in [0, 0.1) is 5.41 Å². The Bertz CT molecular complexity index is 169. The molecule has 2 unspecified atom stereocenters. The normalized spacial score (nSPS) is 37.6. The molecular weight excluding hydrogens is 156 g/mol. The molecule has 0 aromatic rings. The van der Waals surface area contributed by atoms with Crippen LogP contribution in [0.25, 0.3) is 0 Å². The lowest BCUT2D eigenvalue weighted by Gasteiger charge is -2.36. The first-order chi connectivity index (χ1) is 5.36. The van der Waals surface area contributed by atoms with Gasteiger partial charge >= 0.3 is 0 Å². The van der Waals surface area contributed by atoms with Gasteiger partial charge in [-0.3, -0.25) is 5.41 Å². The average molecular weight is 170 g/mol. The maximum Gasteiger partial charge on any atom is 0.104 e. The summed E-state index contributed by atoms with van der Waals surface area (Å²) in [5, 5.41) is 11.6. The van der Waals surface area contributed by atoms with Crippen molar-refractivity contribution in [2.75, 3.05) is 5.75 Å². The van der Waals surface area contributed by atoms with Gasteiger partial charge in [-0.2, -0.15) is 0 Å². The average Bonchev–Trinajstić information content (AvgIpc) is 2.04. The molecule has 0 bridgehead atoms. The van der Waals surface area contributed by atoms with Gasteiger partial charge in [0.1, 0.15) is 5.84 Å². The molecule has 1 saturated heterocycles. The maximum atomic E-state index is 7.48. The van der Waals surface area contributed by atoms with E-state index in [0.29, 0.717) is 6.04 Å². The molecule has 0 aromatic carbocycles. The van der Waals surface area contributed by atoms with E-state index in [2.05, 4.69) is 5.32 Å². The van der Waals surface area contributed by atoms with Crippen LogP contribution in [0.1, 0.15) is 25.7 Å². The van der Waals surface area contributed by atoms with Crippen molar-refractivity contribution in [3.63, 3.8) is 0 Å². The first-order valence-corrected chi connectivity index (χ1v) is 5.37. The zero-order valence-electron chi connectivity index (χ0n) is 6.60. The SMILES string of the molecule is N=C1CSC2CCCCC2N1. The molecule has 0 amide bonds. The van der Waals surface area contributed by atoms with E-state index < -0.39 is 0 Å². The molecule has 1 heterocycles. The predicted molar refractivity (Wildman–Crippen MR) is 49.4 cm³/mol. The molecule has 2 N–H and O–H groups in total. The molecule has 0 radical (unpaired) electrons. The fourth-order valence-corrected chi connectivity index (χ4v) is 3.15. The van der Waals surface area contributed by atoms with Crippen molar-refractivity contribution >= 4 is 17.6 Å². The fraction of sp³-hybridized carbons (Fsp3) is 0.875. The van der Waals surface area contributed by atoms with Crippen molar-refractivity contribution in [3.8, 4) is 0 Å². The quantitative estimate of drug-likeness (QED) is 0.579. The molecular formula is C8H14N2S. The van der Waals surface area contributed by atoms with Crippen LogP contribution in [-0.2, 0) is 0 Å². The fourth-order valence-electron chi connectivity index (χ4n) is 1.92. The van der Waals surface area contributed by atoms with Gasteiger partial charge in [-0.05, 0) is 12.8 Å². The molecule has 62 valence electrons. The third kappa shape index (κ3) is 1.53. The molecule has 2 rings (SSSR count). The first kappa shape index (κ1) is 7.47. The molecule has 1 saturated carbocycles. The highest BCUT2D eigenvalue weighted by atomic mass is 32.2. The summed E-state index contributed by atoms with van der Waals surface area (Å²) >= 11 is 1.97. The topological polar surface area (TPSA) is 35.9 Å². The number of hydrogen-bond acceptors (Lipinski definition) is 2. The Balaban J connectivity index is 1.98. The number of rotatable bonds is 0. The van der Waals surface area contributed by atoms with E-state index in [1.54, 1.807) is 0 Å². The summed E-state index contributed by atoms with van der Waals surface area (Å²) in [5.74, 6) is 1.64. The first-order valence-electron chi connectivity index (χ1n) is 4.32. The molecule has 1 aliphatic heterocycles. The zero-order chi connectivity index (χ0) is 7.68. The lowest BCUT2D eigenvalue weighted by Crippen LogP contribution is -2.48. The number of nitrogens with one attached hydrogen (secondary N) is 2. The summed E-state index contributed by atoms with van der Waals surface area (Å²) in [7, 11) is 0. The van der Waals surface area contributed by atoms with Gasteiger partial charge in [-0.25, -0.2) is 0 Å². The van der Waals surface area contributed by atoms with Gasteiger partial charge in [0.05, 0.1) is 5.75 Å². The number of hydrogen-bond donors (Lipinski definition) is 2. The molecule has 3 heteroatoms. The maximum absolute atomic E-state index is 7.48. The van der Waals surface area contributed by atoms with E-state index in [1.807, 2.05) is 11.8 Å². The number of amidine groups is 1. The summed E-state index contributed by atoms with van der Waals surface area (Å²) in [4.78, 5) is 0. The van der Waals surface area contributed by atoms with Crippen LogP contribution in [0.2, 0.25) is 0 Å². The van der Waals surface area contributed by atoms with Crippen molar-refractivity contribution in [3.05, 3.63) is 0 Å². The summed E-state index contributed by atoms with van der Waals surface area (Å²) in [6, 6.07) is 0.620. The molecule has 11 heavy (non-hydrogen) atoms. The number of fused-ring (bicyclic) bond motifs is 1. The second kappa shape index (κ2) is 3.05. The lowest BCUT2D eigenvalue weighted by atomic mass is 9.94. The van der Waals surface area contributed by atoms with E-state index in [1.165, 1.54) is 25.7 Å². The third-order valence-corrected chi connectivity index (χ3v) is 3.95. The van der Waals surface area contributed by atoms with Gasteiger partial charge in [0.15, 0.2) is 0 Å². The van der Waals surface area contributed by atoms with E-state index in [-0.39, 0.29) is 0 Å². The zero-order valence-corrected chi connectivity index (χ0v) is 7.41. The van der Waals surface area contributed by atoms with Crippen LogP contribution in [0.5, 0.6) is 0 Å². The minimum atomic E-state index is 0.620. The largest absolute Gasteiger partial charge is 0.369 e. The van der Waals surface area contributed by atoms with Crippen molar-refractivity contribution in [2.24, 2.45) is 0 Å². The molecule has 2 atom stereocenters. The van der Waals surface area contributed by atoms with Gasteiger partial charge in [-0.1, -0.05) is 12.8 Å². The van der Waals surface area contributed by atoms with E-state index in [4.69, 9.17) is 5.41 Å². The third-order valence-electron chi connectivity index (χ3n) is 2.50. The number of thioether (sulfide) groups is 1. The van der Waals surface area contributed by atoms with Crippen molar-refractivity contribution < 1.29 is 0 Å². The standard InChI is InChI=1S/C8H14N2S/c9-8-5-11-7-4-2-1-3-6(7)10-8/h6-7H,1-5H2,(H2,9,10). The van der Waals surface area contributed by atoms with Gasteiger partial charge in [0, 0.05) is 11.3 Å². The molecule has 2 fully saturated rings. The van der Waals surface area contributed by atoms with Crippen LogP contribution < -0.4 is 5.32 Å². The highest BCUT2D eigenvalue weighted by molar-refractivity contribution is 8.00. The summed E-state index contributed by atoms with van der Waals surface area (Å²) in [6.45, 7) is 0. The smallest absolute Gasteiger partial charge is 0.104 e.